The largest absolute Gasteiger partial charge is 0.478 e. The Morgan fingerprint density at radius 1 is 1.22 bits per heavy atom. The number of halogens is 1. The number of aromatic nitrogens is 2. The molecule has 0 N–H and O–H groups in total. The summed E-state index contributed by atoms with van der Waals surface area (Å²) in [6.07, 6.45) is 0.918. The summed E-state index contributed by atoms with van der Waals surface area (Å²) in [5.41, 5.74) is 1.35. The van der Waals surface area contributed by atoms with Crippen LogP contribution < -0.4 is 14.1 Å². The molecule has 1 aromatic carbocycles. The molecule has 172 valence electrons. The maximum absolute atomic E-state index is 12.0. The second-order valence-corrected chi connectivity index (χ2v) is 9.35. The van der Waals surface area contributed by atoms with Crippen molar-refractivity contribution in [1.82, 2.24) is 19.6 Å². The number of thiophene rings is 1. The normalized spacial score (nSPS) is 14.7. The first kappa shape index (κ1) is 22.7. The van der Waals surface area contributed by atoms with Crippen LogP contribution in [0.4, 0.5) is 16.3 Å². The van der Waals surface area contributed by atoms with Gasteiger partial charge in [0.1, 0.15) is 0 Å². The number of anilines is 2. The lowest BCUT2D eigenvalue weighted by Gasteiger charge is -2.36. The van der Waals surface area contributed by atoms with Crippen molar-refractivity contribution in [1.29, 1.82) is 0 Å². The van der Waals surface area contributed by atoms with Gasteiger partial charge in [0.15, 0.2) is 5.82 Å². The summed E-state index contributed by atoms with van der Waals surface area (Å²) in [7, 11) is 5.05. The number of piperazine rings is 1. The number of carbonyl (C=O) groups is 1. The smallest absolute Gasteiger partial charge is 0.340 e. The Balaban J connectivity index is 1.22. The third kappa shape index (κ3) is 4.95. The summed E-state index contributed by atoms with van der Waals surface area (Å²) in [6, 6.07) is 10.1. The van der Waals surface area contributed by atoms with Crippen LogP contribution in [0.25, 0.3) is 10.1 Å². The van der Waals surface area contributed by atoms with E-state index < -0.39 is 0 Å². The van der Waals surface area contributed by atoms with Crippen LogP contribution in [0.5, 0.6) is 5.88 Å². The molecule has 1 aliphatic heterocycles. The molecule has 32 heavy (non-hydrogen) atoms. The number of aryl methyl sites for hydroxylation is 1. The van der Waals surface area contributed by atoms with Crippen LogP contribution in [0.15, 0.2) is 35.7 Å². The van der Waals surface area contributed by atoms with Crippen molar-refractivity contribution in [2.75, 3.05) is 62.7 Å². The third-order valence-electron chi connectivity index (χ3n) is 5.63. The number of ether oxygens (including phenoxy) is 1. The summed E-state index contributed by atoms with van der Waals surface area (Å²) in [5, 5.41) is 7.79. The van der Waals surface area contributed by atoms with Gasteiger partial charge >= 0.3 is 6.03 Å². The maximum Gasteiger partial charge on any atom is 0.340 e. The van der Waals surface area contributed by atoms with Gasteiger partial charge in [0.05, 0.1) is 6.61 Å². The van der Waals surface area contributed by atoms with Gasteiger partial charge in [0.2, 0.25) is 5.88 Å². The van der Waals surface area contributed by atoms with Crippen LogP contribution in [0, 0.1) is 0 Å². The number of hydrogen-bond acceptors (Lipinski definition) is 6. The number of rotatable bonds is 7. The Bertz CT molecular complexity index is 1060. The average Bonchev–Trinajstić information content (AvgIpc) is 3.42. The molecule has 0 unspecified atom stereocenters. The van der Waals surface area contributed by atoms with E-state index in [4.69, 9.17) is 16.5 Å². The van der Waals surface area contributed by atoms with E-state index in [2.05, 4.69) is 44.5 Å². The predicted molar refractivity (Wildman–Crippen MR) is 131 cm³/mol. The number of benzene rings is 1. The highest BCUT2D eigenvalue weighted by Crippen LogP contribution is 2.31. The number of fused-ring (bicyclic) bond motifs is 1. The van der Waals surface area contributed by atoms with Crippen LogP contribution in [-0.4, -0.2) is 79.0 Å². The minimum absolute atomic E-state index is 0.347. The number of nitrogens with zero attached hydrogens (tertiary/aromatic N) is 6. The predicted octanol–water partition coefficient (Wildman–Crippen LogP) is 3.87. The van der Waals surface area contributed by atoms with Crippen molar-refractivity contribution in [3.05, 3.63) is 35.7 Å². The van der Waals surface area contributed by atoms with E-state index in [1.54, 1.807) is 43.2 Å². The summed E-state index contributed by atoms with van der Waals surface area (Å²) in [4.78, 5) is 18.4. The molecule has 0 radical (unpaired) electrons. The molecule has 0 aliphatic carbocycles. The van der Waals surface area contributed by atoms with Crippen LogP contribution in [0.1, 0.15) is 6.42 Å². The molecule has 0 spiro atoms. The zero-order valence-corrected chi connectivity index (χ0v) is 20.3. The van der Waals surface area contributed by atoms with Gasteiger partial charge in [-0.05, 0) is 30.0 Å². The van der Waals surface area contributed by atoms with Crippen LogP contribution in [0.2, 0.25) is 0 Å². The molecule has 2 amide bonds. The van der Waals surface area contributed by atoms with Gasteiger partial charge in [-0.3, -0.25) is 4.90 Å². The van der Waals surface area contributed by atoms with E-state index in [9.17, 15) is 4.79 Å². The van der Waals surface area contributed by atoms with Gasteiger partial charge in [-0.25, -0.2) is 9.48 Å². The molecule has 1 fully saturated rings. The Kier molecular flexibility index (Phi) is 7.07. The number of hydrogen-bond donors (Lipinski definition) is 0. The number of urea groups is 1. The molecule has 3 heterocycles. The fourth-order valence-corrected chi connectivity index (χ4v) is 4.91. The standard InChI is InChI=1S/C22H29ClN6O2S/c1-25(2)22(30)29(23)20-16-21(26(3)24-20)31-14-5-9-27-10-12-28(13-11-27)18-6-4-7-19-17(18)8-15-32-19/h4,6-8,15-16H,5,9-14H2,1-3H3. The molecule has 1 saturated heterocycles. The molecule has 0 bridgehead atoms. The maximum atomic E-state index is 12.0. The monoisotopic (exact) mass is 476 g/mol. The van der Waals surface area contributed by atoms with E-state index >= 15 is 0 Å². The highest BCUT2D eigenvalue weighted by molar-refractivity contribution is 7.17. The van der Waals surface area contributed by atoms with E-state index in [0.717, 1.165) is 43.6 Å². The highest BCUT2D eigenvalue weighted by Gasteiger charge is 2.21. The molecule has 3 aromatic rings. The SMILES string of the molecule is CN(C)C(=O)N(Cl)c1cc(OCCCN2CCN(c3cccc4sccc34)CC2)n(C)n1. The highest BCUT2D eigenvalue weighted by atomic mass is 35.5. The second kappa shape index (κ2) is 9.97. The molecule has 0 saturated carbocycles. The summed E-state index contributed by atoms with van der Waals surface area (Å²) < 4.78 is 9.82. The zero-order chi connectivity index (χ0) is 22.7. The molecule has 8 nitrogen and oxygen atoms in total. The molecular formula is C22H29ClN6O2S. The minimum atomic E-state index is -0.356. The van der Waals surface area contributed by atoms with Crippen molar-refractivity contribution in [2.24, 2.45) is 7.05 Å². The van der Waals surface area contributed by atoms with E-state index in [0.29, 0.717) is 18.3 Å². The zero-order valence-electron chi connectivity index (χ0n) is 18.7. The van der Waals surface area contributed by atoms with Crippen molar-refractivity contribution >= 4 is 50.7 Å². The first-order valence-electron chi connectivity index (χ1n) is 10.7. The molecular weight excluding hydrogens is 448 g/mol. The van der Waals surface area contributed by atoms with Gasteiger partial charge in [-0.1, -0.05) is 6.07 Å². The quantitative estimate of drug-likeness (QED) is 0.383. The van der Waals surface area contributed by atoms with Crippen LogP contribution >= 0.6 is 23.1 Å². The molecule has 4 rings (SSSR count). The fourth-order valence-electron chi connectivity index (χ4n) is 3.87. The van der Waals surface area contributed by atoms with Gasteiger partial charge in [-0.2, -0.15) is 9.52 Å². The molecule has 1 aliphatic rings. The van der Waals surface area contributed by atoms with E-state index in [1.165, 1.54) is 20.7 Å². The van der Waals surface area contributed by atoms with Crippen molar-refractivity contribution in [3.63, 3.8) is 0 Å². The van der Waals surface area contributed by atoms with Crippen molar-refractivity contribution in [2.45, 2.75) is 6.42 Å². The fraction of sp³-hybridized carbons (Fsp3) is 0.455. The van der Waals surface area contributed by atoms with E-state index in [-0.39, 0.29) is 6.03 Å². The average molecular weight is 477 g/mol. The topological polar surface area (TPSA) is 57.1 Å². The van der Waals surface area contributed by atoms with Crippen molar-refractivity contribution < 1.29 is 9.53 Å². The van der Waals surface area contributed by atoms with Gasteiger partial charge in [0, 0.05) is 87.5 Å². The van der Waals surface area contributed by atoms with Crippen LogP contribution in [-0.2, 0) is 7.05 Å². The number of amides is 2. The lowest BCUT2D eigenvalue weighted by molar-refractivity contribution is 0.218. The lowest BCUT2D eigenvalue weighted by Crippen LogP contribution is -2.46. The number of carbonyl (C=O) groups excluding carboxylic acids is 1. The third-order valence-corrected chi connectivity index (χ3v) is 6.83. The first-order chi connectivity index (χ1) is 15.4. The summed E-state index contributed by atoms with van der Waals surface area (Å²) >= 11 is 7.88. The van der Waals surface area contributed by atoms with E-state index in [1.807, 2.05) is 0 Å². The minimum Gasteiger partial charge on any atom is -0.478 e. The Morgan fingerprint density at radius 3 is 2.75 bits per heavy atom. The molecule has 2 aromatic heterocycles. The van der Waals surface area contributed by atoms with Gasteiger partial charge < -0.3 is 14.5 Å². The summed E-state index contributed by atoms with van der Waals surface area (Å²) in [6.45, 7) is 5.73. The molecule has 0 atom stereocenters. The molecule has 10 heteroatoms. The Labute approximate surface area is 197 Å². The van der Waals surface area contributed by atoms with Crippen LogP contribution in [0.3, 0.4) is 0 Å². The van der Waals surface area contributed by atoms with Gasteiger partial charge in [0.25, 0.3) is 0 Å². The second-order valence-electron chi connectivity index (χ2n) is 8.06. The summed E-state index contributed by atoms with van der Waals surface area (Å²) in [5.74, 6) is 0.936. The Morgan fingerprint density at radius 2 is 2.00 bits per heavy atom. The Hall–Kier alpha value is -2.49. The van der Waals surface area contributed by atoms with Gasteiger partial charge in [-0.15, -0.1) is 11.3 Å². The first-order valence-corrected chi connectivity index (χ1v) is 11.9. The lowest BCUT2D eigenvalue weighted by atomic mass is 10.2. The van der Waals surface area contributed by atoms with Crippen molar-refractivity contribution in [3.8, 4) is 5.88 Å².